The maximum absolute atomic E-state index is 6.01. The predicted molar refractivity (Wildman–Crippen MR) is 83.1 cm³/mol. The van der Waals surface area contributed by atoms with E-state index in [4.69, 9.17) is 16.3 Å². The van der Waals surface area contributed by atoms with Crippen molar-refractivity contribution in [3.63, 3.8) is 0 Å². The van der Waals surface area contributed by atoms with Gasteiger partial charge < -0.3 is 10.1 Å². The first-order valence-electron chi connectivity index (χ1n) is 7.28. The van der Waals surface area contributed by atoms with Crippen molar-refractivity contribution in [3.05, 3.63) is 29.3 Å². The van der Waals surface area contributed by atoms with Crippen molar-refractivity contribution in [2.45, 2.75) is 39.5 Å². The molecule has 0 aliphatic heterocycles. The van der Waals surface area contributed by atoms with Gasteiger partial charge in [-0.25, -0.2) is 0 Å². The standard InChI is InChI=1S/C16H26ClNO/c1-14(2)13-18-11-7-3-4-8-12-19-16-10-6-5-9-15(16)17/h5-6,9-10,14,18H,3-4,7-8,11-13H2,1-2H3. The molecular weight excluding hydrogens is 258 g/mol. The molecule has 0 amide bonds. The average molecular weight is 284 g/mol. The Kier molecular flexibility index (Phi) is 8.68. The molecule has 0 saturated heterocycles. The zero-order chi connectivity index (χ0) is 13.9. The third-order valence-electron chi connectivity index (χ3n) is 2.89. The lowest BCUT2D eigenvalue weighted by atomic mass is 10.2. The summed E-state index contributed by atoms with van der Waals surface area (Å²) in [7, 11) is 0. The first kappa shape index (κ1) is 16.3. The maximum atomic E-state index is 6.01. The molecule has 0 spiro atoms. The highest BCUT2D eigenvalue weighted by Crippen LogP contribution is 2.23. The fourth-order valence-corrected chi connectivity index (χ4v) is 2.03. The average Bonchev–Trinajstić information content (AvgIpc) is 2.38. The Hall–Kier alpha value is -0.730. The van der Waals surface area contributed by atoms with Gasteiger partial charge in [0.2, 0.25) is 0 Å². The Morgan fingerprint density at radius 1 is 1.11 bits per heavy atom. The summed E-state index contributed by atoms with van der Waals surface area (Å²) in [4.78, 5) is 0. The van der Waals surface area contributed by atoms with Crippen LogP contribution in [0.1, 0.15) is 39.5 Å². The van der Waals surface area contributed by atoms with Crippen LogP contribution in [0.3, 0.4) is 0 Å². The van der Waals surface area contributed by atoms with Crippen molar-refractivity contribution in [2.75, 3.05) is 19.7 Å². The number of benzene rings is 1. The lowest BCUT2D eigenvalue weighted by molar-refractivity contribution is 0.304. The Bertz CT molecular complexity index is 341. The molecule has 108 valence electrons. The zero-order valence-corrected chi connectivity index (χ0v) is 12.9. The minimum Gasteiger partial charge on any atom is -0.492 e. The van der Waals surface area contributed by atoms with Crippen molar-refractivity contribution < 1.29 is 4.74 Å². The molecule has 1 aromatic carbocycles. The molecular formula is C16H26ClNO. The minimum atomic E-state index is 0.695. The molecule has 0 heterocycles. The van der Waals surface area contributed by atoms with E-state index in [1.54, 1.807) is 0 Å². The molecule has 0 aliphatic rings. The van der Waals surface area contributed by atoms with Crippen LogP contribution in [-0.4, -0.2) is 19.7 Å². The van der Waals surface area contributed by atoms with E-state index in [2.05, 4.69) is 19.2 Å². The van der Waals surface area contributed by atoms with E-state index in [1.807, 2.05) is 24.3 Å². The van der Waals surface area contributed by atoms with Crippen LogP contribution in [0.5, 0.6) is 5.75 Å². The van der Waals surface area contributed by atoms with Gasteiger partial charge in [-0.1, -0.05) is 50.4 Å². The number of para-hydroxylation sites is 1. The number of unbranched alkanes of at least 4 members (excludes halogenated alkanes) is 3. The maximum Gasteiger partial charge on any atom is 0.137 e. The monoisotopic (exact) mass is 283 g/mol. The molecule has 2 nitrogen and oxygen atoms in total. The normalized spacial score (nSPS) is 10.9. The lowest BCUT2D eigenvalue weighted by Crippen LogP contribution is -2.20. The highest BCUT2D eigenvalue weighted by atomic mass is 35.5. The fraction of sp³-hybridized carbons (Fsp3) is 0.625. The molecule has 3 heteroatoms. The third-order valence-corrected chi connectivity index (χ3v) is 3.21. The zero-order valence-electron chi connectivity index (χ0n) is 12.1. The second kappa shape index (κ2) is 10.1. The van der Waals surface area contributed by atoms with Gasteiger partial charge >= 0.3 is 0 Å². The Morgan fingerprint density at radius 2 is 1.84 bits per heavy atom. The van der Waals surface area contributed by atoms with Crippen molar-refractivity contribution in [1.29, 1.82) is 0 Å². The Labute approximate surface area is 122 Å². The molecule has 0 aromatic heterocycles. The number of hydrogen-bond donors (Lipinski definition) is 1. The first-order valence-corrected chi connectivity index (χ1v) is 7.66. The van der Waals surface area contributed by atoms with Crippen LogP contribution in [0, 0.1) is 5.92 Å². The molecule has 0 aliphatic carbocycles. The van der Waals surface area contributed by atoms with E-state index in [0.29, 0.717) is 5.02 Å². The molecule has 0 fully saturated rings. The van der Waals surface area contributed by atoms with Crippen LogP contribution in [0.4, 0.5) is 0 Å². The van der Waals surface area contributed by atoms with E-state index >= 15 is 0 Å². The third kappa shape index (κ3) is 8.12. The summed E-state index contributed by atoms with van der Waals surface area (Å²) in [6.07, 6.45) is 4.82. The second-order valence-corrected chi connectivity index (χ2v) is 5.70. The largest absolute Gasteiger partial charge is 0.492 e. The highest BCUT2D eigenvalue weighted by molar-refractivity contribution is 6.32. The summed E-state index contributed by atoms with van der Waals surface area (Å²) >= 11 is 6.01. The quantitative estimate of drug-likeness (QED) is 0.637. The molecule has 1 rings (SSSR count). The van der Waals surface area contributed by atoms with E-state index in [0.717, 1.165) is 37.8 Å². The summed E-state index contributed by atoms with van der Waals surface area (Å²) in [6.45, 7) is 7.47. The van der Waals surface area contributed by atoms with E-state index in [1.165, 1.54) is 19.3 Å². The van der Waals surface area contributed by atoms with Crippen molar-refractivity contribution in [1.82, 2.24) is 5.32 Å². The van der Waals surface area contributed by atoms with Gasteiger partial charge in [-0.15, -0.1) is 0 Å². The van der Waals surface area contributed by atoms with Crippen LogP contribution in [0.15, 0.2) is 24.3 Å². The van der Waals surface area contributed by atoms with Crippen molar-refractivity contribution in [2.24, 2.45) is 5.92 Å². The predicted octanol–water partition coefficient (Wildman–Crippen LogP) is 4.52. The van der Waals surface area contributed by atoms with Crippen molar-refractivity contribution >= 4 is 11.6 Å². The number of hydrogen-bond acceptors (Lipinski definition) is 2. The second-order valence-electron chi connectivity index (χ2n) is 5.29. The van der Waals surface area contributed by atoms with Gasteiger partial charge in [-0.3, -0.25) is 0 Å². The summed E-state index contributed by atoms with van der Waals surface area (Å²) in [5.41, 5.74) is 0. The van der Waals surface area contributed by atoms with Gasteiger partial charge in [-0.05, 0) is 44.0 Å². The highest BCUT2D eigenvalue weighted by Gasteiger charge is 1.99. The van der Waals surface area contributed by atoms with Crippen LogP contribution < -0.4 is 10.1 Å². The van der Waals surface area contributed by atoms with Gasteiger partial charge in [0.1, 0.15) is 5.75 Å². The summed E-state index contributed by atoms with van der Waals surface area (Å²) < 4.78 is 5.65. The molecule has 0 bridgehead atoms. The van der Waals surface area contributed by atoms with Crippen LogP contribution in [0.25, 0.3) is 0 Å². The number of ether oxygens (including phenoxy) is 1. The van der Waals surface area contributed by atoms with Crippen molar-refractivity contribution in [3.8, 4) is 5.75 Å². The number of nitrogens with one attached hydrogen (secondary N) is 1. The molecule has 0 atom stereocenters. The number of rotatable bonds is 10. The van der Waals surface area contributed by atoms with Crippen LogP contribution >= 0.6 is 11.6 Å². The molecule has 19 heavy (non-hydrogen) atoms. The summed E-state index contributed by atoms with van der Waals surface area (Å²) in [5, 5.41) is 4.16. The smallest absolute Gasteiger partial charge is 0.137 e. The first-order chi connectivity index (χ1) is 9.20. The molecule has 0 radical (unpaired) electrons. The summed E-state index contributed by atoms with van der Waals surface area (Å²) in [5.74, 6) is 1.53. The van der Waals surface area contributed by atoms with E-state index in [9.17, 15) is 0 Å². The van der Waals surface area contributed by atoms with E-state index < -0.39 is 0 Å². The van der Waals surface area contributed by atoms with E-state index in [-0.39, 0.29) is 0 Å². The summed E-state index contributed by atoms with van der Waals surface area (Å²) in [6, 6.07) is 7.64. The van der Waals surface area contributed by atoms with Gasteiger partial charge in [0.05, 0.1) is 11.6 Å². The fourth-order valence-electron chi connectivity index (χ4n) is 1.84. The molecule has 0 saturated carbocycles. The van der Waals surface area contributed by atoms with Gasteiger partial charge in [-0.2, -0.15) is 0 Å². The SMILES string of the molecule is CC(C)CNCCCCCCOc1ccccc1Cl. The molecule has 1 N–H and O–H groups in total. The van der Waals surface area contributed by atoms with Gasteiger partial charge in [0, 0.05) is 0 Å². The Balaban J connectivity index is 1.93. The van der Waals surface area contributed by atoms with Crippen LogP contribution in [0.2, 0.25) is 5.02 Å². The lowest BCUT2D eigenvalue weighted by Gasteiger charge is -2.08. The van der Waals surface area contributed by atoms with Crippen LogP contribution in [-0.2, 0) is 0 Å². The number of halogens is 1. The Morgan fingerprint density at radius 3 is 2.58 bits per heavy atom. The minimum absolute atomic E-state index is 0.695. The molecule has 0 unspecified atom stereocenters. The molecule has 1 aromatic rings. The topological polar surface area (TPSA) is 21.3 Å². The van der Waals surface area contributed by atoms with Gasteiger partial charge in [0.15, 0.2) is 0 Å². The van der Waals surface area contributed by atoms with Gasteiger partial charge in [0.25, 0.3) is 0 Å².